The fourth-order valence-corrected chi connectivity index (χ4v) is 5.49. The van der Waals surface area contributed by atoms with E-state index in [-0.39, 0.29) is 30.7 Å². The molecular weight excluding hydrogens is 472 g/mol. The van der Waals surface area contributed by atoms with Crippen LogP contribution in [0.2, 0.25) is 0 Å². The van der Waals surface area contributed by atoms with Crippen molar-refractivity contribution in [2.75, 3.05) is 50.3 Å². The van der Waals surface area contributed by atoms with Crippen molar-refractivity contribution in [3.8, 4) is 17.2 Å². The minimum atomic E-state index is -3.66. The Kier molecular flexibility index (Phi) is 6.18. The van der Waals surface area contributed by atoms with Gasteiger partial charge in [0.1, 0.15) is 5.75 Å². The SMILES string of the molecule is COc1cccc(S(=O)(=O)N2CCN(c3ncccc3NC(=O)c3ccc4c(c3)OCO4)CC2)c1. The van der Waals surface area contributed by atoms with Crippen molar-refractivity contribution < 1.29 is 27.4 Å². The van der Waals surface area contributed by atoms with Gasteiger partial charge in [0.15, 0.2) is 17.3 Å². The number of ether oxygens (including phenoxy) is 3. The number of rotatable bonds is 6. The van der Waals surface area contributed by atoms with Crippen LogP contribution in [0.15, 0.2) is 65.7 Å². The van der Waals surface area contributed by atoms with E-state index in [1.54, 1.807) is 54.7 Å². The fraction of sp³-hybridized carbons (Fsp3) is 0.250. The van der Waals surface area contributed by atoms with Crippen molar-refractivity contribution in [3.63, 3.8) is 0 Å². The van der Waals surface area contributed by atoms with E-state index in [0.29, 0.717) is 47.4 Å². The minimum Gasteiger partial charge on any atom is -0.497 e. The number of carbonyl (C=O) groups excluding carboxylic acids is 1. The predicted octanol–water partition coefficient (Wildman–Crippen LogP) is 2.58. The predicted molar refractivity (Wildman–Crippen MR) is 129 cm³/mol. The average molecular weight is 497 g/mol. The molecule has 1 N–H and O–H groups in total. The third-order valence-corrected chi connectivity index (χ3v) is 7.78. The number of hydrogen-bond donors (Lipinski definition) is 1. The Morgan fingerprint density at radius 3 is 2.60 bits per heavy atom. The van der Waals surface area contributed by atoms with Crippen molar-refractivity contribution in [3.05, 3.63) is 66.4 Å². The third-order valence-electron chi connectivity index (χ3n) is 5.89. The second-order valence-corrected chi connectivity index (χ2v) is 9.90. The molecule has 0 atom stereocenters. The molecule has 0 bridgehead atoms. The molecule has 35 heavy (non-hydrogen) atoms. The largest absolute Gasteiger partial charge is 0.497 e. The van der Waals surface area contributed by atoms with Gasteiger partial charge in [-0.3, -0.25) is 4.79 Å². The zero-order valence-electron chi connectivity index (χ0n) is 19.0. The van der Waals surface area contributed by atoms with Gasteiger partial charge in [-0.2, -0.15) is 4.31 Å². The van der Waals surface area contributed by atoms with Gasteiger partial charge in [-0.25, -0.2) is 13.4 Å². The van der Waals surface area contributed by atoms with E-state index in [9.17, 15) is 13.2 Å². The summed E-state index contributed by atoms with van der Waals surface area (Å²) >= 11 is 0. The molecule has 0 spiro atoms. The Bertz CT molecular complexity index is 1360. The van der Waals surface area contributed by atoms with Gasteiger partial charge >= 0.3 is 0 Å². The molecule has 1 amide bonds. The zero-order chi connectivity index (χ0) is 24.4. The summed E-state index contributed by atoms with van der Waals surface area (Å²) in [6.07, 6.45) is 1.64. The fourth-order valence-electron chi connectivity index (χ4n) is 4.03. The highest BCUT2D eigenvalue weighted by Gasteiger charge is 2.30. The number of carbonyl (C=O) groups is 1. The number of piperazine rings is 1. The lowest BCUT2D eigenvalue weighted by molar-refractivity contribution is 0.102. The quantitative estimate of drug-likeness (QED) is 0.555. The molecule has 2 aromatic carbocycles. The van der Waals surface area contributed by atoms with Crippen LogP contribution in [-0.4, -0.2) is 63.7 Å². The first-order chi connectivity index (χ1) is 17.0. The van der Waals surface area contributed by atoms with Crippen LogP contribution in [0.1, 0.15) is 10.4 Å². The molecule has 182 valence electrons. The summed E-state index contributed by atoms with van der Waals surface area (Å²) in [5.41, 5.74) is 0.970. The van der Waals surface area contributed by atoms with E-state index in [4.69, 9.17) is 14.2 Å². The molecule has 0 radical (unpaired) electrons. The summed E-state index contributed by atoms with van der Waals surface area (Å²) in [5, 5.41) is 2.91. The van der Waals surface area contributed by atoms with Gasteiger partial charge < -0.3 is 24.4 Å². The molecule has 1 saturated heterocycles. The lowest BCUT2D eigenvalue weighted by Gasteiger charge is -2.35. The van der Waals surface area contributed by atoms with Gasteiger partial charge in [0, 0.05) is 44.0 Å². The Morgan fingerprint density at radius 2 is 1.80 bits per heavy atom. The van der Waals surface area contributed by atoms with E-state index in [2.05, 4.69) is 10.3 Å². The summed E-state index contributed by atoms with van der Waals surface area (Å²) in [6, 6.07) is 15.0. The highest BCUT2D eigenvalue weighted by molar-refractivity contribution is 7.89. The number of aromatic nitrogens is 1. The summed E-state index contributed by atoms with van der Waals surface area (Å²) in [4.78, 5) is 19.5. The molecule has 3 heterocycles. The standard InChI is InChI=1S/C24H24N4O6S/c1-32-18-4-2-5-19(15-18)35(30,31)28-12-10-27(11-13-28)23-20(6-3-9-25-23)26-24(29)17-7-8-21-22(14-17)34-16-33-21/h2-9,14-15H,10-13,16H2,1H3,(H,26,29). The number of benzene rings is 2. The molecule has 2 aliphatic heterocycles. The summed E-state index contributed by atoms with van der Waals surface area (Å²) in [7, 11) is -2.16. The van der Waals surface area contributed by atoms with Crippen LogP contribution in [0.5, 0.6) is 17.2 Å². The van der Waals surface area contributed by atoms with Crippen LogP contribution in [0, 0.1) is 0 Å². The highest BCUT2D eigenvalue weighted by atomic mass is 32.2. The number of amides is 1. The summed E-state index contributed by atoms with van der Waals surface area (Å²) < 4.78 is 43.5. The molecule has 5 rings (SSSR count). The second-order valence-electron chi connectivity index (χ2n) is 7.97. The van der Waals surface area contributed by atoms with Gasteiger partial charge in [-0.1, -0.05) is 6.07 Å². The topological polar surface area (TPSA) is 110 Å². The summed E-state index contributed by atoms with van der Waals surface area (Å²) in [6.45, 7) is 1.55. The highest BCUT2D eigenvalue weighted by Crippen LogP contribution is 2.33. The number of fused-ring (bicyclic) bond motifs is 1. The Labute approximate surface area is 203 Å². The van der Waals surface area contributed by atoms with E-state index in [1.165, 1.54) is 17.5 Å². The van der Waals surface area contributed by atoms with E-state index >= 15 is 0 Å². The number of sulfonamides is 1. The lowest BCUT2D eigenvalue weighted by atomic mass is 10.2. The Hall–Kier alpha value is -3.83. The number of anilines is 2. The molecule has 11 heteroatoms. The average Bonchev–Trinajstić information content (AvgIpc) is 3.37. The molecule has 1 aromatic heterocycles. The van der Waals surface area contributed by atoms with Gasteiger partial charge in [0.25, 0.3) is 5.91 Å². The van der Waals surface area contributed by atoms with E-state index in [0.717, 1.165) is 0 Å². The first kappa shape index (κ1) is 22.9. The molecular formula is C24H24N4O6S. The van der Waals surface area contributed by atoms with Crippen molar-refractivity contribution >= 4 is 27.4 Å². The Balaban J connectivity index is 1.29. The number of methoxy groups -OCH3 is 1. The zero-order valence-corrected chi connectivity index (χ0v) is 19.8. The smallest absolute Gasteiger partial charge is 0.255 e. The first-order valence-corrected chi connectivity index (χ1v) is 12.4. The van der Waals surface area contributed by atoms with Crippen LogP contribution in [-0.2, 0) is 10.0 Å². The van der Waals surface area contributed by atoms with Crippen LogP contribution in [0.3, 0.4) is 0 Å². The van der Waals surface area contributed by atoms with Gasteiger partial charge in [-0.15, -0.1) is 0 Å². The number of hydrogen-bond acceptors (Lipinski definition) is 8. The van der Waals surface area contributed by atoms with Crippen LogP contribution >= 0.6 is 0 Å². The van der Waals surface area contributed by atoms with Gasteiger partial charge in [0.2, 0.25) is 16.8 Å². The van der Waals surface area contributed by atoms with Crippen LogP contribution in [0.4, 0.5) is 11.5 Å². The molecule has 0 unspecified atom stereocenters. The molecule has 10 nitrogen and oxygen atoms in total. The number of nitrogens with zero attached hydrogens (tertiary/aromatic N) is 3. The van der Waals surface area contributed by atoms with Crippen LogP contribution < -0.4 is 24.4 Å². The van der Waals surface area contributed by atoms with Gasteiger partial charge in [0.05, 0.1) is 17.7 Å². The normalized spacial score (nSPS) is 15.6. The minimum absolute atomic E-state index is 0.132. The number of pyridine rings is 1. The van der Waals surface area contributed by atoms with E-state index in [1.807, 2.05) is 4.90 Å². The van der Waals surface area contributed by atoms with Crippen molar-refractivity contribution in [2.24, 2.45) is 0 Å². The number of nitrogens with one attached hydrogen (secondary N) is 1. The van der Waals surface area contributed by atoms with Gasteiger partial charge in [-0.05, 0) is 42.5 Å². The van der Waals surface area contributed by atoms with Crippen molar-refractivity contribution in [1.82, 2.24) is 9.29 Å². The third kappa shape index (κ3) is 4.60. The van der Waals surface area contributed by atoms with Crippen molar-refractivity contribution in [1.29, 1.82) is 0 Å². The molecule has 2 aliphatic rings. The first-order valence-electron chi connectivity index (χ1n) is 11.0. The summed E-state index contributed by atoms with van der Waals surface area (Å²) in [5.74, 6) is 1.89. The van der Waals surface area contributed by atoms with Crippen molar-refractivity contribution in [2.45, 2.75) is 4.90 Å². The monoisotopic (exact) mass is 496 g/mol. The molecule has 0 saturated carbocycles. The second kappa shape index (κ2) is 9.43. The Morgan fingerprint density at radius 1 is 1.00 bits per heavy atom. The molecule has 1 fully saturated rings. The molecule has 3 aromatic rings. The van der Waals surface area contributed by atoms with E-state index < -0.39 is 10.0 Å². The molecule has 0 aliphatic carbocycles. The maximum Gasteiger partial charge on any atom is 0.255 e. The maximum absolute atomic E-state index is 13.1. The lowest BCUT2D eigenvalue weighted by Crippen LogP contribution is -2.49. The van der Waals surface area contributed by atoms with Crippen LogP contribution in [0.25, 0.3) is 0 Å². The maximum atomic E-state index is 13.1.